The number of nitrogens with one attached hydrogen (secondary N) is 1. The van der Waals surface area contributed by atoms with Crippen LogP contribution in [0, 0.1) is 0 Å². The van der Waals surface area contributed by atoms with Crippen LogP contribution in [0.15, 0.2) is 6.33 Å². The predicted octanol–water partition coefficient (Wildman–Crippen LogP) is 2.37. The van der Waals surface area contributed by atoms with Crippen LogP contribution in [0.1, 0.15) is 34.9 Å². The van der Waals surface area contributed by atoms with Crippen LogP contribution in [0.25, 0.3) is 10.2 Å². The fourth-order valence-corrected chi connectivity index (χ4v) is 4.98. The van der Waals surface area contributed by atoms with E-state index in [1.807, 2.05) is 11.3 Å². The van der Waals surface area contributed by atoms with Crippen molar-refractivity contribution < 1.29 is 0 Å². The third kappa shape index (κ3) is 2.14. The van der Waals surface area contributed by atoms with Gasteiger partial charge in [-0.15, -0.1) is 21.5 Å². The number of aryl methyl sites for hydroxylation is 3. The molecule has 3 aromatic heterocycles. The van der Waals surface area contributed by atoms with E-state index in [0.717, 1.165) is 54.6 Å². The van der Waals surface area contributed by atoms with Gasteiger partial charge in [-0.3, -0.25) is 0 Å². The topological polar surface area (TPSA) is 68.5 Å². The molecule has 4 heterocycles. The van der Waals surface area contributed by atoms with E-state index in [1.165, 1.54) is 35.1 Å². The van der Waals surface area contributed by atoms with E-state index in [1.54, 1.807) is 6.33 Å². The van der Waals surface area contributed by atoms with E-state index < -0.39 is 0 Å². The number of thiophene rings is 1. The van der Waals surface area contributed by atoms with Crippen molar-refractivity contribution in [1.82, 2.24) is 24.7 Å². The minimum atomic E-state index is 0.828. The van der Waals surface area contributed by atoms with Gasteiger partial charge in [-0.2, -0.15) is 0 Å². The molecule has 0 atom stereocenters. The van der Waals surface area contributed by atoms with E-state index in [2.05, 4.69) is 30.0 Å². The molecule has 0 bridgehead atoms. The molecule has 6 nitrogen and oxygen atoms in total. The van der Waals surface area contributed by atoms with Gasteiger partial charge in [0.15, 0.2) is 0 Å². The van der Waals surface area contributed by atoms with Crippen molar-refractivity contribution in [3.63, 3.8) is 0 Å². The van der Waals surface area contributed by atoms with E-state index in [9.17, 15) is 0 Å². The summed E-state index contributed by atoms with van der Waals surface area (Å²) in [4.78, 5) is 11.6. The monoisotopic (exact) mass is 326 g/mol. The van der Waals surface area contributed by atoms with Crippen molar-refractivity contribution >= 4 is 27.4 Å². The highest BCUT2D eigenvalue weighted by Crippen LogP contribution is 2.38. The molecular weight excluding hydrogens is 308 g/mol. The van der Waals surface area contributed by atoms with E-state index in [-0.39, 0.29) is 0 Å². The Morgan fingerprint density at radius 3 is 3.13 bits per heavy atom. The quantitative estimate of drug-likeness (QED) is 0.797. The number of hydrogen-bond acceptors (Lipinski definition) is 6. The second kappa shape index (κ2) is 5.26. The first kappa shape index (κ1) is 13.4. The summed E-state index contributed by atoms with van der Waals surface area (Å²) in [5, 5.41) is 13.3. The SMILES string of the molecule is c1nc(NCCc2nnc3n2CCC3)c2c3c(sc2n1)CCC3. The van der Waals surface area contributed by atoms with Gasteiger partial charge in [0.05, 0.1) is 5.39 Å². The van der Waals surface area contributed by atoms with Crippen molar-refractivity contribution in [3.05, 3.63) is 28.4 Å². The molecule has 2 aliphatic rings. The Morgan fingerprint density at radius 2 is 2.13 bits per heavy atom. The third-order valence-corrected chi connectivity index (χ3v) is 6.03. The minimum absolute atomic E-state index is 0.828. The van der Waals surface area contributed by atoms with Gasteiger partial charge in [0.2, 0.25) is 0 Å². The Hall–Kier alpha value is -2.02. The molecule has 7 heteroatoms. The summed E-state index contributed by atoms with van der Waals surface area (Å²) in [6, 6.07) is 0. The summed E-state index contributed by atoms with van der Waals surface area (Å²) in [6.07, 6.45) is 8.43. The first-order chi connectivity index (χ1) is 11.4. The maximum absolute atomic E-state index is 4.49. The van der Waals surface area contributed by atoms with Crippen LogP contribution in [-0.4, -0.2) is 31.3 Å². The Kier molecular flexibility index (Phi) is 3.07. The molecule has 23 heavy (non-hydrogen) atoms. The Labute approximate surface area is 138 Å². The summed E-state index contributed by atoms with van der Waals surface area (Å²) in [7, 11) is 0. The molecule has 0 aromatic carbocycles. The second-order valence-electron chi connectivity index (χ2n) is 6.22. The second-order valence-corrected chi connectivity index (χ2v) is 7.31. The molecule has 1 N–H and O–H groups in total. The van der Waals surface area contributed by atoms with Crippen molar-refractivity contribution in [2.24, 2.45) is 0 Å². The lowest BCUT2D eigenvalue weighted by Crippen LogP contribution is -2.11. The Bertz CT molecular complexity index is 880. The standard InChI is InChI=1S/C16H18N6S/c1-3-10-11(4-1)23-16-14(10)15(18-9-19-16)17-7-6-13-21-20-12-5-2-8-22(12)13/h9H,1-8H2,(H,17,18,19). The summed E-state index contributed by atoms with van der Waals surface area (Å²) in [5.41, 5.74) is 1.47. The van der Waals surface area contributed by atoms with Gasteiger partial charge in [-0.05, 0) is 31.2 Å². The molecule has 118 valence electrons. The number of hydrogen-bond donors (Lipinski definition) is 1. The van der Waals surface area contributed by atoms with Crippen LogP contribution >= 0.6 is 11.3 Å². The van der Waals surface area contributed by atoms with Crippen LogP contribution in [0.3, 0.4) is 0 Å². The van der Waals surface area contributed by atoms with Gasteiger partial charge in [0.1, 0.15) is 28.6 Å². The van der Waals surface area contributed by atoms with Gasteiger partial charge in [0.25, 0.3) is 0 Å². The molecule has 1 aliphatic carbocycles. The van der Waals surface area contributed by atoms with E-state index in [0.29, 0.717) is 0 Å². The largest absolute Gasteiger partial charge is 0.369 e. The van der Waals surface area contributed by atoms with Crippen molar-refractivity contribution in [2.75, 3.05) is 11.9 Å². The number of anilines is 1. The van der Waals surface area contributed by atoms with Gasteiger partial charge in [0, 0.05) is 30.8 Å². The zero-order valence-electron chi connectivity index (χ0n) is 12.9. The summed E-state index contributed by atoms with van der Waals surface area (Å²) in [5.74, 6) is 3.21. The molecule has 1 aliphatic heterocycles. The lowest BCUT2D eigenvalue weighted by molar-refractivity contribution is 0.687. The zero-order chi connectivity index (χ0) is 15.2. The molecule has 0 radical (unpaired) electrons. The summed E-state index contributed by atoms with van der Waals surface area (Å²) < 4.78 is 2.26. The number of nitrogens with zero attached hydrogens (tertiary/aromatic N) is 5. The van der Waals surface area contributed by atoms with Gasteiger partial charge in [-0.25, -0.2) is 9.97 Å². The minimum Gasteiger partial charge on any atom is -0.369 e. The molecule has 0 spiro atoms. The maximum Gasteiger partial charge on any atom is 0.138 e. The Morgan fingerprint density at radius 1 is 1.13 bits per heavy atom. The van der Waals surface area contributed by atoms with Crippen molar-refractivity contribution in [1.29, 1.82) is 0 Å². The van der Waals surface area contributed by atoms with Crippen LogP contribution in [-0.2, 0) is 32.2 Å². The number of fused-ring (bicyclic) bond motifs is 4. The van der Waals surface area contributed by atoms with E-state index >= 15 is 0 Å². The first-order valence-electron chi connectivity index (χ1n) is 8.30. The Balaban J connectivity index is 1.37. The smallest absolute Gasteiger partial charge is 0.138 e. The average molecular weight is 326 g/mol. The molecule has 5 rings (SSSR count). The fourth-order valence-electron chi connectivity index (χ4n) is 3.75. The number of rotatable bonds is 4. The van der Waals surface area contributed by atoms with E-state index in [4.69, 9.17) is 0 Å². The normalized spacial score (nSPS) is 16.0. The van der Waals surface area contributed by atoms with Gasteiger partial charge >= 0.3 is 0 Å². The lowest BCUT2D eigenvalue weighted by Gasteiger charge is -2.08. The lowest BCUT2D eigenvalue weighted by atomic mass is 10.2. The molecular formula is C16H18N6S. The molecule has 0 amide bonds. The van der Waals surface area contributed by atoms with Crippen LogP contribution in [0.4, 0.5) is 5.82 Å². The third-order valence-electron chi connectivity index (χ3n) is 4.83. The maximum atomic E-state index is 4.49. The molecule has 3 aromatic rings. The van der Waals surface area contributed by atoms with Crippen molar-refractivity contribution in [3.8, 4) is 0 Å². The van der Waals surface area contributed by atoms with Crippen LogP contribution in [0.5, 0.6) is 0 Å². The highest BCUT2D eigenvalue weighted by Gasteiger charge is 2.21. The zero-order valence-corrected chi connectivity index (χ0v) is 13.7. The predicted molar refractivity (Wildman–Crippen MR) is 90.0 cm³/mol. The number of aromatic nitrogens is 5. The highest BCUT2D eigenvalue weighted by molar-refractivity contribution is 7.19. The fraction of sp³-hybridized carbons (Fsp3) is 0.500. The van der Waals surface area contributed by atoms with Gasteiger partial charge in [-0.1, -0.05) is 0 Å². The molecule has 0 unspecified atom stereocenters. The summed E-state index contributed by atoms with van der Waals surface area (Å²) in [6.45, 7) is 1.89. The first-order valence-corrected chi connectivity index (χ1v) is 9.12. The molecule has 0 saturated carbocycles. The molecule has 0 fully saturated rings. The highest BCUT2D eigenvalue weighted by atomic mass is 32.1. The van der Waals surface area contributed by atoms with Gasteiger partial charge < -0.3 is 9.88 Å². The summed E-state index contributed by atoms with van der Waals surface area (Å²) >= 11 is 1.83. The van der Waals surface area contributed by atoms with Crippen LogP contribution in [0.2, 0.25) is 0 Å². The molecule has 0 saturated heterocycles. The average Bonchev–Trinajstić information content (AvgIpc) is 3.28. The van der Waals surface area contributed by atoms with Crippen LogP contribution < -0.4 is 5.32 Å². The van der Waals surface area contributed by atoms with Crippen molar-refractivity contribution in [2.45, 2.75) is 45.1 Å².